The minimum atomic E-state index is -0.194. The summed E-state index contributed by atoms with van der Waals surface area (Å²) in [5.41, 5.74) is 5.13. The van der Waals surface area contributed by atoms with Gasteiger partial charge in [-0.05, 0) is 91.8 Å². The Hall–Kier alpha value is -4.29. The van der Waals surface area contributed by atoms with E-state index in [4.69, 9.17) is 14.2 Å². The maximum atomic E-state index is 13.1. The van der Waals surface area contributed by atoms with Crippen LogP contribution in [0.1, 0.15) is 30.6 Å². The number of carbonyl (C=O) groups is 1. The average molecular weight is 541 g/mol. The van der Waals surface area contributed by atoms with Crippen LogP contribution in [0.15, 0.2) is 91.0 Å². The van der Waals surface area contributed by atoms with Crippen LogP contribution >= 0.6 is 0 Å². The highest BCUT2D eigenvalue weighted by molar-refractivity contribution is 6.05. The van der Waals surface area contributed by atoms with Gasteiger partial charge in [-0.1, -0.05) is 50.2 Å². The molecule has 0 unspecified atom stereocenters. The van der Waals surface area contributed by atoms with Crippen molar-refractivity contribution in [3.63, 3.8) is 0 Å². The third-order valence-electron chi connectivity index (χ3n) is 6.19. The number of benzene rings is 4. The van der Waals surface area contributed by atoms with E-state index >= 15 is 0 Å². The number of amides is 1. The van der Waals surface area contributed by atoms with Crippen molar-refractivity contribution in [2.45, 2.75) is 20.3 Å². The predicted octanol–water partition coefficient (Wildman–Crippen LogP) is 7.65. The number of hydrogen-bond donors (Lipinski definition) is 1. The van der Waals surface area contributed by atoms with E-state index in [9.17, 15) is 4.79 Å². The molecular formula is C34H40N2O4. The van der Waals surface area contributed by atoms with E-state index in [1.807, 2.05) is 98.8 Å². The highest BCUT2D eigenvalue weighted by atomic mass is 16.5. The van der Waals surface area contributed by atoms with E-state index in [1.54, 1.807) is 20.3 Å². The van der Waals surface area contributed by atoms with Gasteiger partial charge in [-0.25, -0.2) is 0 Å². The summed E-state index contributed by atoms with van der Waals surface area (Å²) in [6.07, 6.45) is 0.987. The van der Waals surface area contributed by atoms with Gasteiger partial charge >= 0.3 is 0 Å². The second kappa shape index (κ2) is 15.3. The SMILES string of the molecule is CC.COc1cccc(-c2cc(C(=O)Nc3ccc(-c4ccc(OCCCN(C)C)cc4)cc3)ccc2OC)c1. The third kappa shape index (κ3) is 8.35. The van der Waals surface area contributed by atoms with E-state index in [-0.39, 0.29) is 5.91 Å². The third-order valence-corrected chi connectivity index (χ3v) is 6.19. The van der Waals surface area contributed by atoms with Crippen molar-refractivity contribution in [1.82, 2.24) is 4.90 Å². The monoisotopic (exact) mass is 540 g/mol. The number of carbonyl (C=O) groups excluding carboxylic acids is 1. The molecular weight excluding hydrogens is 500 g/mol. The van der Waals surface area contributed by atoms with E-state index in [1.165, 1.54) is 0 Å². The standard InChI is InChI=1S/C32H34N2O4.C2H6/c1-34(2)19-6-20-38-28-16-11-24(12-17-28)23-9-14-27(15-10-23)33-32(35)26-13-18-31(37-4)30(22-26)25-7-5-8-29(21-25)36-3;1-2/h5,7-18,21-22H,6,19-20H2,1-4H3,(H,33,35);1-2H3. The number of hydrogen-bond acceptors (Lipinski definition) is 5. The largest absolute Gasteiger partial charge is 0.497 e. The lowest BCUT2D eigenvalue weighted by Gasteiger charge is -2.13. The molecule has 4 rings (SSSR count). The number of ether oxygens (including phenoxy) is 3. The highest BCUT2D eigenvalue weighted by Gasteiger charge is 2.13. The Labute approximate surface area is 238 Å². The Morgan fingerprint density at radius 2 is 1.43 bits per heavy atom. The minimum absolute atomic E-state index is 0.194. The number of nitrogens with one attached hydrogen (secondary N) is 1. The Morgan fingerprint density at radius 3 is 2.05 bits per heavy atom. The molecule has 4 aromatic rings. The molecule has 0 radical (unpaired) electrons. The van der Waals surface area contributed by atoms with Crippen LogP contribution in [0.5, 0.6) is 17.2 Å². The van der Waals surface area contributed by atoms with Gasteiger partial charge < -0.3 is 24.4 Å². The summed E-state index contributed by atoms with van der Waals surface area (Å²) in [5, 5.41) is 2.99. The highest BCUT2D eigenvalue weighted by Crippen LogP contribution is 2.33. The second-order valence-electron chi connectivity index (χ2n) is 9.21. The van der Waals surface area contributed by atoms with Crippen molar-refractivity contribution in [1.29, 1.82) is 0 Å². The van der Waals surface area contributed by atoms with Gasteiger partial charge in [0.05, 0.1) is 20.8 Å². The fourth-order valence-corrected chi connectivity index (χ4v) is 4.13. The number of rotatable bonds is 11. The minimum Gasteiger partial charge on any atom is -0.497 e. The zero-order valence-electron chi connectivity index (χ0n) is 24.4. The molecule has 0 atom stereocenters. The lowest BCUT2D eigenvalue weighted by Crippen LogP contribution is -2.15. The molecule has 0 aliphatic carbocycles. The van der Waals surface area contributed by atoms with Crippen LogP contribution in [0.2, 0.25) is 0 Å². The van der Waals surface area contributed by atoms with Gasteiger partial charge in [-0.15, -0.1) is 0 Å². The van der Waals surface area contributed by atoms with Crippen molar-refractivity contribution in [2.24, 2.45) is 0 Å². The molecule has 0 heterocycles. The van der Waals surface area contributed by atoms with Crippen molar-refractivity contribution in [2.75, 3.05) is 46.8 Å². The van der Waals surface area contributed by atoms with Crippen LogP contribution in [0, 0.1) is 0 Å². The normalized spacial score (nSPS) is 10.4. The summed E-state index contributed by atoms with van der Waals surface area (Å²) in [5.74, 6) is 2.09. The van der Waals surface area contributed by atoms with Crippen LogP contribution in [0.4, 0.5) is 5.69 Å². The molecule has 6 nitrogen and oxygen atoms in total. The maximum Gasteiger partial charge on any atom is 0.255 e. The fourth-order valence-electron chi connectivity index (χ4n) is 4.13. The Kier molecular flexibility index (Phi) is 11.6. The quantitative estimate of drug-likeness (QED) is 0.198. The molecule has 0 fully saturated rings. The number of nitrogens with zero attached hydrogens (tertiary/aromatic N) is 1. The van der Waals surface area contributed by atoms with Crippen molar-refractivity contribution in [3.8, 4) is 39.5 Å². The van der Waals surface area contributed by atoms with Gasteiger partial charge in [0.15, 0.2) is 0 Å². The first-order chi connectivity index (χ1) is 19.5. The first kappa shape index (κ1) is 30.3. The Morgan fingerprint density at radius 1 is 0.750 bits per heavy atom. The molecule has 1 N–H and O–H groups in total. The molecule has 0 aromatic heterocycles. The lowest BCUT2D eigenvalue weighted by molar-refractivity contribution is 0.102. The first-order valence-corrected chi connectivity index (χ1v) is 13.6. The molecule has 0 aliphatic heterocycles. The van der Waals surface area contributed by atoms with Gasteiger partial charge in [0, 0.05) is 23.4 Å². The van der Waals surface area contributed by atoms with Gasteiger partial charge in [0.1, 0.15) is 17.2 Å². The van der Waals surface area contributed by atoms with Crippen LogP contribution in [-0.4, -0.2) is 52.3 Å². The molecule has 6 heteroatoms. The molecule has 0 bridgehead atoms. The topological polar surface area (TPSA) is 60.0 Å². The summed E-state index contributed by atoms with van der Waals surface area (Å²) < 4.78 is 16.7. The lowest BCUT2D eigenvalue weighted by atomic mass is 10.0. The molecule has 0 aliphatic rings. The second-order valence-corrected chi connectivity index (χ2v) is 9.21. The van der Waals surface area contributed by atoms with E-state index in [2.05, 4.69) is 24.3 Å². The molecule has 40 heavy (non-hydrogen) atoms. The van der Waals surface area contributed by atoms with Crippen LogP contribution in [0.3, 0.4) is 0 Å². The van der Waals surface area contributed by atoms with Gasteiger partial charge in [0.2, 0.25) is 0 Å². The summed E-state index contributed by atoms with van der Waals surface area (Å²) in [4.78, 5) is 15.2. The smallest absolute Gasteiger partial charge is 0.255 e. The van der Waals surface area contributed by atoms with Crippen LogP contribution in [-0.2, 0) is 0 Å². The number of anilines is 1. The molecule has 0 saturated heterocycles. The first-order valence-electron chi connectivity index (χ1n) is 13.6. The van der Waals surface area contributed by atoms with Crippen molar-refractivity contribution < 1.29 is 19.0 Å². The van der Waals surface area contributed by atoms with Crippen molar-refractivity contribution in [3.05, 3.63) is 96.6 Å². The summed E-state index contributed by atoms with van der Waals surface area (Å²) in [6.45, 7) is 5.70. The van der Waals surface area contributed by atoms with E-state index in [0.29, 0.717) is 17.9 Å². The molecule has 4 aromatic carbocycles. The maximum absolute atomic E-state index is 13.1. The Bertz CT molecular complexity index is 1350. The van der Waals surface area contributed by atoms with Crippen LogP contribution < -0.4 is 19.5 Å². The summed E-state index contributed by atoms with van der Waals surface area (Å²) >= 11 is 0. The van der Waals surface area contributed by atoms with Crippen molar-refractivity contribution >= 4 is 11.6 Å². The average Bonchev–Trinajstić information content (AvgIpc) is 3.00. The van der Waals surface area contributed by atoms with E-state index in [0.717, 1.165) is 52.4 Å². The Balaban J connectivity index is 0.00000216. The summed E-state index contributed by atoms with van der Waals surface area (Å²) in [7, 11) is 7.37. The molecule has 1 amide bonds. The van der Waals surface area contributed by atoms with Gasteiger partial charge in [0.25, 0.3) is 5.91 Å². The number of methoxy groups -OCH3 is 2. The van der Waals surface area contributed by atoms with Crippen LogP contribution in [0.25, 0.3) is 22.3 Å². The fraction of sp³-hybridized carbons (Fsp3) is 0.265. The molecule has 210 valence electrons. The zero-order valence-corrected chi connectivity index (χ0v) is 24.4. The zero-order chi connectivity index (χ0) is 28.9. The molecule has 0 saturated carbocycles. The van der Waals surface area contributed by atoms with Gasteiger partial charge in [-0.2, -0.15) is 0 Å². The van der Waals surface area contributed by atoms with Gasteiger partial charge in [-0.3, -0.25) is 4.79 Å². The molecule has 0 spiro atoms. The van der Waals surface area contributed by atoms with E-state index < -0.39 is 0 Å². The predicted molar refractivity (Wildman–Crippen MR) is 165 cm³/mol. The summed E-state index contributed by atoms with van der Waals surface area (Å²) in [6, 6.07) is 29.0.